The first kappa shape index (κ1) is 14.1. The largest absolute Gasteiger partial charge is 0.352 e. The molecule has 0 bridgehead atoms. The number of rotatable bonds is 3. The van der Waals surface area contributed by atoms with E-state index in [1.54, 1.807) is 0 Å². The molecule has 0 radical (unpaired) electrons. The first-order valence-electron chi connectivity index (χ1n) is 6.25. The van der Waals surface area contributed by atoms with Crippen LogP contribution in [0.5, 0.6) is 0 Å². The van der Waals surface area contributed by atoms with Gasteiger partial charge in [0, 0.05) is 21.4 Å². The van der Waals surface area contributed by atoms with Crippen molar-refractivity contribution in [1.29, 1.82) is 0 Å². The lowest BCUT2D eigenvalue weighted by Gasteiger charge is -2.12. The van der Waals surface area contributed by atoms with E-state index in [-0.39, 0.29) is 5.91 Å². The van der Waals surface area contributed by atoms with E-state index >= 15 is 0 Å². The molecule has 2 atom stereocenters. The van der Waals surface area contributed by atoms with Gasteiger partial charge >= 0.3 is 0 Å². The van der Waals surface area contributed by atoms with Gasteiger partial charge in [-0.05, 0) is 49.8 Å². The maximum absolute atomic E-state index is 12.1. The average molecular weight is 375 g/mol. The summed E-state index contributed by atoms with van der Waals surface area (Å²) in [7, 11) is 0. The molecule has 0 heterocycles. The summed E-state index contributed by atoms with van der Waals surface area (Å²) < 4.78 is 0.983. The summed E-state index contributed by atoms with van der Waals surface area (Å²) in [4.78, 5) is 12.7. The van der Waals surface area contributed by atoms with Gasteiger partial charge in [-0.25, -0.2) is 0 Å². The van der Waals surface area contributed by atoms with Gasteiger partial charge in [-0.15, -0.1) is 0 Å². The van der Waals surface area contributed by atoms with Gasteiger partial charge in [-0.3, -0.25) is 4.79 Å². The van der Waals surface area contributed by atoms with Crippen LogP contribution in [-0.2, 0) is 0 Å². The third-order valence-electron chi connectivity index (χ3n) is 3.54. The van der Waals surface area contributed by atoms with Crippen molar-refractivity contribution < 1.29 is 4.79 Å². The Labute approximate surface area is 125 Å². The van der Waals surface area contributed by atoms with Crippen molar-refractivity contribution in [1.82, 2.24) is 5.32 Å². The summed E-state index contributed by atoms with van der Waals surface area (Å²) in [5.41, 5.74) is 1.76. The molecule has 18 heavy (non-hydrogen) atoms. The van der Waals surface area contributed by atoms with Gasteiger partial charge in [0.05, 0.1) is 0 Å². The van der Waals surface area contributed by atoms with Crippen LogP contribution < -0.4 is 5.32 Å². The van der Waals surface area contributed by atoms with Crippen LogP contribution in [0.15, 0.2) is 22.7 Å². The Morgan fingerprint density at radius 2 is 2.22 bits per heavy atom. The predicted molar refractivity (Wildman–Crippen MR) is 81.3 cm³/mol. The highest BCUT2D eigenvalue weighted by Crippen LogP contribution is 2.30. The van der Waals surface area contributed by atoms with Crippen molar-refractivity contribution in [3.05, 3.63) is 33.8 Å². The van der Waals surface area contributed by atoms with Gasteiger partial charge in [0.15, 0.2) is 0 Å². The van der Waals surface area contributed by atoms with Crippen LogP contribution >= 0.6 is 31.9 Å². The minimum absolute atomic E-state index is 0.0341. The van der Waals surface area contributed by atoms with E-state index in [9.17, 15) is 4.79 Å². The lowest BCUT2D eigenvalue weighted by atomic mass is 10.1. The second-order valence-electron chi connectivity index (χ2n) is 4.90. The molecule has 2 rings (SSSR count). The summed E-state index contributed by atoms with van der Waals surface area (Å²) in [6.07, 6.45) is 3.59. The first-order chi connectivity index (χ1) is 8.58. The molecule has 1 aliphatic rings. The van der Waals surface area contributed by atoms with Gasteiger partial charge in [0.25, 0.3) is 5.91 Å². The van der Waals surface area contributed by atoms with Crippen molar-refractivity contribution in [2.24, 2.45) is 5.92 Å². The number of hydrogen-bond acceptors (Lipinski definition) is 1. The van der Waals surface area contributed by atoms with Crippen LogP contribution in [0.4, 0.5) is 0 Å². The predicted octanol–water partition coefficient (Wildman–Crippen LogP) is 4.05. The van der Waals surface area contributed by atoms with Gasteiger partial charge in [0.2, 0.25) is 0 Å². The number of amides is 1. The molecule has 4 heteroatoms. The van der Waals surface area contributed by atoms with E-state index < -0.39 is 0 Å². The Morgan fingerprint density at radius 1 is 1.44 bits per heavy atom. The van der Waals surface area contributed by atoms with Crippen molar-refractivity contribution >= 4 is 37.8 Å². The molecule has 0 aliphatic heterocycles. The highest BCUT2D eigenvalue weighted by molar-refractivity contribution is 9.10. The third-order valence-corrected chi connectivity index (χ3v) is 5.23. The van der Waals surface area contributed by atoms with Gasteiger partial charge in [0.1, 0.15) is 0 Å². The molecule has 1 amide bonds. The Balaban J connectivity index is 1.94. The summed E-state index contributed by atoms with van der Waals surface area (Å²) >= 11 is 7.09. The van der Waals surface area contributed by atoms with Crippen LogP contribution in [0, 0.1) is 12.8 Å². The van der Waals surface area contributed by atoms with Crippen molar-refractivity contribution in [3.8, 4) is 0 Å². The Morgan fingerprint density at radius 3 is 2.89 bits per heavy atom. The molecular weight excluding hydrogens is 358 g/mol. The van der Waals surface area contributed by atoms with E-state index in [0.29, 0.717) is 10.7 Å². The minimum Gasteiger partial charge on any atom is -0.352 e. The zero-order chi connectivity index (χ0) is 13.1. The lowest BCUT2D eigenvalue weighted by Crippen LogP contribution is -2.29. The fourth-order valence-electron chi connectivity index (χ4n) is 2.39. The highest BCUT2D eigenvalue weighted by atomic mass is 79.9. The number of carbonyl (C=O) groups is 1. The van der Waals surface area contributed by atoms with Gasteiger partial charge in [-0.1, -0.05) is 37.9 Å². The van der Waals surface area contributed by atoms with E-state index in [1.807, 2.05) is 25.1 Å². The van der Waals surface area contributed by atoms with Crippen LogP contribution in [0.1, 0.15) is 35.2 Å². The fourth-order valence-corrected chi connectivity index (χ4v) is 3.54. The second kappa shape index (κ2) is 6.20. The summed E-state index contributed by atoms with van der Waals surface area (Å²) in [5.74, 6) is 0.651. The van der Waals surface area contributed by atoms with Crippen molar-refractivity contribution in [2.45, 2.75) is 31.0 Å². The topological polar surface area (TPSA) is 29.1 Å². The van der Waals surface area contributed by atoms with E-state index in [0.717, 1.165) is 28.6 Å². The number of nitrogens with one attached hydrogen (secondary N) is 1. The molecule has 1 aromatic carbocycles. The maximum atomic E-state index is 12.1. The smallest absolute Gasteiger partial charge is 0.251 e. The molecule has 0 spiro atoms. The number of hydrogen-bond donors (Lipinski definition) is 1. The number of halogens is 2. The van der Waals surface area contributed by atoms with E-state index in [2.05, 4.69) is 37.2 Å². The molecule has 2 nitrogen and oxygen atoms in total. The molecule has 1 N–H and O–H groups in total. The molecule has 1 aliphatic carbocycles. The minimum atomic E-state index is 0.0341. The zero-order valence-corrected chi connectivity index (χ0v) is 13.6. The Hall–Kier alpha value is -0.350. The van der Waals surface area contributed by atoms with E-state index in [1.165, 1.54) is 12.8 Å². The fraction of sp³-hybridized carbons (Fsp3) is 0.500. The molecule has 0 aromatic heterocycles. The third kappa shape index (κ3) is 3.35. The average Bonchev–Trinajstić information content (AvgIpc) is 2.76. The first-order valence-corrected chi connectivity index (χ1v) is 7.96. The molecule has 1 fully saturated rings. The molecule has 0 saturated heterocycles. The van der Waals surface area contributed by atoms with Gasteiger partial charge in [-0.2, -0.15) is 0 Å². The number of benzene rings is 1. The Kier molecular flexibility index (Phi) is 4.84. The molecular formula is C14H17Br2NO. The molecule has 1 aromatic rings. The summed E-state index contributed by atoms with van der Waals surface area (Å²) in [6, 6.07) is 5.73. The normalized spacial score (nSPS) is 23.1. The second-order valence-corrected chi connectivity index (χ2v) is 7.05. The molecule has 2 unspecified atom stereocenters. The van der Waals surface area contributed by atoms with E-state index in [4.69, 9.17) is 0 Å². The molecule has 98 valence electrons. The SMILES string of the molecule is Cc1c(Br)cccc1C(=O)NCC1CCC(Br)C1. The van der Waals surface area contributed by atoms with Crippen LogP contribution in [0.25, 0.3) is 0 Å². The summed E-state index contributed by atoms with van der Waals surface area (Å²) in [5, 5.41) is 3.05. The van der Waals surface area contributed by atoms with Crippen molar-refractivity contribution in [3.63, 3.8) is 0 Å². The summed E-state index contributed by atoms with van der Waals surface area (Å²) in [6.45, 7) is 2.75. The standard InChI is InChI=1S/C14H17Br2NO/c1-9-12(3-2-4-13(9)16)14(18)17-8-10-5-6-11(15)7-10/h2-4,10-11H,5-8H2,1H3,(H,17,18). The zero-order valence-electron chi connectivity index (χ0n) is 10.4. The number of carbonyl (C=O) groups excluding carboxylic acids is 1. The molecule has 1 saturated carbocycles. The lowest BCUT2D eigenvalue weighted by molar-refractivity contribution is 0.0946. The van der Waals surface area contributed by atoms with Crippen LogP contribution in [0.2, 0.25) is 0 Å². The quantitative estimate of drug-likeness (QED) is 0.794. The highest BCUT2D eigenvalue weighted by Gasteiger charge is 2.23. The van der Waals surface area contributed by atoms with Crippen LogP contribution in [0.3, 0.4) is 0 Å². The number of alkyl halides is 1. The maximum Gasteiger partial charge on any atom is 0.251 e. The monoisotopic (exact) mass is 373 g/mol. The Bertz CT molecular complexity index is 447. The van der Waals surface area contributed by atoms with Crippen molar-refractivity contribution in [2.75, 3.05) is 6.54 Å². The van der Waals surface area contributed by atoms with Gasteiger partial charge < -0.3 is 5.32 Å². The van der Waals surface area contributed by atoms with Crippen LogP contribution in [-0.4, -0.2) is 17.3 Å².